The van der Waals surface area contributed by atoms with E-state index in [-0.39, 0.29) is 11.0 Å². The van der Waals surface area contributed by atoms with E-state index in [9.17, 15) is 4.79 Å². The van der Waals surface area contributed by atoms with E-state index in [2.05, 4.69) is 4.74 Å². The Bertz CT molecular complexity index is 239. The van der Waals surface area contributed by atoms with Gasteiger partial charge in [-0.2, -0.15) is 0 Å². The average Bonchev–Trinajstić information content (AvgIpc) is 1.94. The maximum absolute atomic E-state index is 9.85. The summed E-state index contributed by atoms with van der Waals surface area (Å²) < 4.78 is 4.53. The van der Waals surface area contributed by atoms with Crippen LogP contribution < -0.4 is 10.2 Å². The van der Waals surface area contributed by atoms with Crippen molar-refractivity contribution in [3.05, 3.63) is 24.3 Å². The van der Waals surface area contributed by atoms with Crippen molar-refractivity contribution < 1.29 is 20.5 Å². The van der Waals surface area contributed by atoms with Crippen LogP contribution in [0.1, 0.15) is 0 Å². The number of carbonyl (C=O) groups excluding carboxylic acids is 1. The fourth-order valence-corrected chi connectivity index (χ4v) is 0.640. The van der Waals surface area contributed by atoms with Crippen LogP contribution >= 0.6 is 0 Å². The average molecular weight is 166 g/mol. The molecule has 0 saturated heterocycles. The first-order chi connectivity index (χ1) is 4.84. The van der Waals surface area contributed by atoms with Crippen LogP contribution in [0.5, 0.6) is 5.75 Å². The van der Waals surface area contributed by atoms with Gasteiger partial charge >= 0.3 is 59.3 Å². The predicted molar refractivity (Wildman–Crippen MR) is 42.4 cm³/mol. The molecule has 0 spiro atoms. The summed E-state index contributed by atoms with van der Waals surface area (Å²) in [4.78, 5) is 9.85. The normalized spacial score (nSPS) is 7.50. The van der Waals surface area contributed by atoms with Gasteiger partial charge in [-0.25, -0.2) is 0 Å². The minimum atomic E-state index is 0. The molecule has 0 aromatic heterocycles. The third-order valence-electron chi connectivity index (χ3n) is 1.09. The number of hydrogen-bond donors (Lipinski definition) is 0. The number of ether oxygens (including phenoxy) is 1. The zero-order valence-corrected chi connectivity index (χ0v) is 6.18. The molecule has 0 aliphatic heterocycles. The van der Waals surface area contributed by atoms with Crippen LogP contribution in [0.15, 0.2) is 24.3 Å². The van der Waals surface area contributed by atoms with E-state index in [0.717, 1.165) is 0 Å². The Morgan fingerprint density at radius 2 is 1.83 bits per heavy atom. The number of rotatable bonds is 2. The van der Waals surface area contributed by atoms with Gasteiger partial charge < -0.3 is 11.0 Å². The van der Waals surface area contributed by atoms with Crippen LogP contribution in [0.2, 0.25) is 0 Å². The van der Waals surface area contributed by atoms with Crippen molar-refractivity contribution in [2.75, 3.05) is 0 Å². The summed E-state index contributed by atoms with van der Waals surface area (Å²) >= 11 is 0. The molecule has 0 radical (unpaired) electrons. The molecule has 62 valence electrons. The molecule has 12 heavy (non-hydrogen) atoms. The third kappa shape index (κ3) is 3.18. The van der Waals surface area contributed by atoms with Crippen LogP contribution in [0, 0.1) is 0 Å². The van der Waals surface area contributed by atoms with Gasteiger partial charge in [0, 0.05) is 0 Å². The van der Waals surface area contributed by atoms with E-state index in [4.69, 9.17) is 7.85 Å². The summed E-state index contributed by atoms with van der Waals surface area (Å²) in [6, 6.07) is 6.81. The van der Waals surface area contributed by atoms with E-state index in [1.54, 1.807) is 24.3 Å². The van der Waals surface area contributed by atoms with Gasteiger partial charge in [0.2, 0.25) is 0 Å². The van der Waals surface area contributed by atoms with Crippen LogP contribution in [0.4, 0.5) is 0 Å². The minimum absolute atomic E-state index is 0. The summed E-state index contributed by atoms with van der Waals surface area (Å²) in [6.45, 7) is 0.353. The minimum Gasteiger partial charge on any atom is -0.870 e. The molecule has 4 nitrogen and oxygen atoms in total. The van der Waals surface area contributed by atoms with E-state index < -0.39 is 0 Å². The fraction of sp³-hybridized carbons (Fsp3) is 0. The Morgan fingerprint density at radius 3 is 2.33 bits per heavy atom. The van der Waals surface area contributed by atoms with Gasteiger partial charge in [-0.1, -0.05) is 0 Å². The Labute approximate surface area is 71.2 Å². The molecule has 0 fully saturated rings. The van der Waals surface area contributed by atoms with Crippen molar-refractivity contribution in [2.24, 2.45) is 0 Å². The van der Waals surface area contributed by atoms with Crippen molar-refractivity contribution in [3.63, 3.8) is 0 Å². The van der Waals surface area contributed by atoms with Crippen molar-refractivity contribution >= 4 is 19.8 Å². The maximum Gasteiger partial charge on any atom is -0.870 e. The predicted octanol–water partition coefficient (Wildman–Crippen LogP) is -0.338. The topological polar surface area (TPSA) is 86.3 Å². The molecule has 0 aliphatic rings. The first-order valence-corrected chi connectivity index (χ1v) is 2.79. The van der Waals surface area contributed by atoms with Gasteiger partial charge in [-0.3, -0.25) is 0 Å². The van der Waals surface area contributed by atoms with Crippen molar-refractivity contribution in [2.45, 2.75) is 0 Å². The van der Waals surface area contributed by atoms with Crippen LogP contribution in [-0.4, -0.2) is 25.3 Å². The molecule has 0 heterocycles. The Balaban J connectivity index is 0. The molecule has 0 bridgehead atoms. The standard InChI is InChI=1S/C7H5BO2.2H2O/c8-6-3-1-2-4-7(6)10-5-9;;/h1-5H;2*1H2/q+2;;/p-2. The molecule has 5 heteroatoms. The monoisotopic (exact) mass is 166 g/mol. The van der Waals surface area contributed by atoms with Crippen LogP contribution in [0.25, 0.3) is 0 Å². The molecule has 1 aromatic carbocycles. The van der Waals surface area contributed by atoms with Crippen molar-refractivity contribution in [1.29, 1.82) is 0 Å². The summed E-state index contributed by atoms with van der Waals surface area (Å²) in [5, 5.41) is 0. The van der Waals surface area contributed by atoms with Crippen molar-refractivity contribution in [3.8, 4) is 5.75 Å². The quantitative estimate of drug-likeness (QED) is 0.444. The van der Waals surface area contributed by atoms with Crippen molar-refractivity contribution in [1.82, 2.24) is 0 Å². The van der Waals surface area contributed by atoms with Gasteiger partial charge in [0.05, 0.1) is 0 Å². The summed E-state index contributed by atoms with van der Waals surface area (Å²) in [5.41, 5.74) is 0.467. The Morgan fingerprint density at radius 1 is 1.25 bits per heavy atom. The molecule has 1 rings (SSSR count). The Hall–Kier alpha value is -1.33. The van der Waals surface area contributed by atoms with Gasteiger partial charge in [0.1, 0.15) is 0 Å². The third-order valence-corrected chi connectivity index (χ3v) is 1.09. The SMILES string of the molecule is [B+2]c1ccccc1OC=O.[OH-].[OH-]. The number of hydrogen-bond acceptors (Lipinski definition) is 4. The first kappa shape index (κ1) is 13.3. The number of carbonyl (C=O) groups is 1. The van der Waals surface area contributed by atoms with E-state index in [1.807, 2.05) is 0 Å². The van der Waals surface area contributed by atoms with E-state index >= 15 is 0 Å². The van der Waals surface area contributed by atoms with Gasteiger partial charge in [-0.05, 0) is 0 Å². The number of para-hydroxylation sites is 1. The molecule has 0 unspecified atom stereocenters. The molecule has 0 atom stereocenters. The largest absolute Gasteiger partial charge is 0.870 e. The first-order valence-electron chi connectivity index (χ1n) is 2.79. The second-order valence-corrected chi connectivity index (χ2v) is 1.75. The molecular formula is C7H7BO4. The molecule has 1 aromatic rings. The zero-order chi connectivity index (χ0) is 7.40. The zero-order valence-electron chi connectivity index (χ0n) is 6.18. The van der Waals surface area contributed by atoms with E-state index in [0.29, 0.717) is 17.7 Å². The number of benzene rings is 1. The second kappa shape index (κ2) is 6.39. The maximum atomic E-state index is 9.85. The van der Waals surface area contributed by atoms with Gasteiger partial charge in [0.15, 0.2) is 0 Å². The summed E-state index contributed by atoms with van der Waals surface area (Å²) in [5.74, 6) is 0.400. The molecule has 2 N–H and O–H groups in total. The fourth-order valence-electron chi connectivity index (χ4n) is 0.640. The van der Waals surface area contributed by atoms with Gasteiger partial charge in [0.25, 0.3) is 0 Å². The van der Waals surface area contributed by atoms with Crippen LogP contribution in [0.3, 0.4) is 0 Å². The summed E-state index contributed by atoms with van der Waals surface area (Å²) in [7, 11) is 5.42. The van der Waals surface area contributed by atoms with Crippen LogP contribution in [-0.2, 0) is 4.79 Å². The molecular weight excluding hydrogens is 159 g/mol. The molecule has 0 saturated carbocycles. The van der Waals surface area contributed by atoms with E-state index in [1.165, 1.54) is 0 Å². The second-order valence-electron chi connectivity index (χ2n) is 1.75. The summed E-state index contributed by atoms with van der Waals surface area (Å²) in [6.07, 6.45) is 0. The molecule has 0 aliphatic carbocycles. The van der Waals surface area contributed by atoms with Gasteiger partial charge in [-0.15, -0.1) is 0 Å². The smallest absolute Gasteiger partial charge is 0.870 e. The molecule has 0 amide bonds. The Kier molecular flexibility index (Phi) is 7.07.